The van der Waals surface area contributed by atoms with E-state index in [9.17, 15) is 0 Å². The largest absolute Gasteiger partial charge is 0.309 e. The van der Waals surface area contributed by atoms with Crippen LogP contribution in [0.4, 0.5) is 0 Å². The van der Waals surface area contributed by atoms with Gasteiger partial charge in [-0.2, -0.15) is 0 Å². The molecule has 2 aromatic heterocycles. The smallest absolute Gasteiger partial charge is 0.0788 e. The molecule has 0 amide bonds. The fourth-order valence-corrected chi connectivity index (χ4v) is 9.23. The quantitative estimate of drug-likeness (QED) is 0.160. The minimum Gasteiger partial charge on any atom is -0.309 e. The number of pyridine rings is 1. The molecular weight excluding hydrogens is 713 g/mol. The topological polar surface area (TPSA) is 17.8 Å². The van der Waals surface area contributed by atoms with Crippen LogP contribution in [-0.2, 0) is 0 Å². The first-order valence-corrected chi connectivity index (χ1v) is 20.3. The zero-order valence-electron chi connectivity index (χ0n) is 32.2. The Bertz CT molecular complexity index is 3580. The van der Waals surface area contributed by atoms with Gasteiger partial charge in [-0.05, 0) is 110 Å². The maximum Gasteiger partial charge on any atom is 0.0788 e. The average Bonchev–Trinajstić information content (AvgIpc) is 3.66. The molecule has 0 bridgehead atoms. The summed E-state index contributed by atoms with van der Waals surface area (Å²) in [7, 11) is 0. The van der Waals surface area contributed by atoms with Gasteiger partial charge in [0.1, 0.15) is 0 Å². The fraction of sp³-hybridized carbons (Fsp3) is 0. The summed E-state index contributed by atoms with van der Waals surface area (Å²) < 4.78 is 2.40. The van der Waals surface area contributed by atoms with Gasteiger partial charge in [-0.3, -0.25) is 0 Å². The highest BCUT2D eigenvalue weighted by molar-refractivity contribution is 6.29. The van der Waals surface area contributed by atoms with Crippen LogP contribution in [0.5, 0.6) is 0 Å². The fourth-order valence-electron chi connectivity index (χ4n) is 9.23. The van der Waals surface area contributed by atoms with Crippen molar-refractivity contribution in [3.05, 3.63) is 218 Å². The van der Waals surface area contributed by atoms with E-state index in [0.717, 1.165) is 33.2 Å². The SMILES string of the molecule is c1ccc(-c2nc3ccc(-c4ccc(-c5ccc6cc(-c7ccc8ccccc8c7)ccc6c5)cc4)cc3c3c2ccc2c3c3ccccc3n2-c2ccccc2)cc1. The van der Waals surface area contributed by atoms with E-state index in [2.05, 4.69) is 223 Å². The van der Waals surface area contributed by atoms with Gasteiger partial charge in [-0.25, -0.2) is 4.98 Å². The number of benzene rings is 10. The van der Waals surface area contributed by atoms with E-state index >= 15 is 0 Å². The van der Waals surface area contributed by atoms with Crippen molar-refractivity contribution in [2.24, 2.45) is 0 Å². The van der Waals surface area contributed by atoms with E-state index in [4.69, 9.17) is 4.98 Å². The van der Waals surface area contributed by atoms with Gasteiger partial charge in [-0.15, -0.1) is 0 Å². The Hall–Kier alpha value is -7.81. The summed E-state index contributed by atoms with van der Waals surface area (Å²) >= 11 is 0. The first-order valence-electron chi connectivity index (χ1n) is 20.3. The van der Waals surface area contributed by atoms with Crippen LogP contribution in [0.2, 0.25) is 0 Å². The molecule has 2 heterocycles. The molecule has 0 aliphatic carbocycles. The predicted molar refractivity (Wildman–Crippen MR) is 250 cm³/mol. The molecule has 0 spiro atoms. The molecule has 59 heavy (non-hydrogen) atoms. The third kappa shape index (κ3) is 5.53. The van der Waals surface area contributed by atoms with E-state index in [1.54, 1.807) is 0 Å². The van der Waals surface area contributed by atoms with Crippen LogP contribution in [-0.4, -0.2) is 9.55 Å². The van der Waals surface area contributed by atoms with Crippen molar-refractivity contribution in [2.75, 3.05) is 0 Å². The first-order chi connectivity index (χ1) is 29.2. The highest BCUT2D eigenvalue weighted by atomic mass is 15.0. The summed E-state index contributed by atoms with van der Waals surface area (Å²) in [6.45, 7) is 0. The van der Waals surface area contributed by atoms with Gasteiger partial charge in [0.15, 0.2) is 0 Å². The van der Waals surface area contributed by atoms with Crippen LogP contribution in [0, 0.1) is 0 Å². The van der Waals surface area contributed by atoms with E-state index in [1.165, 1.54) is 82.1 Å². The molecule has 12 rings (SSSR count). The van der Waals surface area contributed by atoms with Crippen molar-refractivity contribution in [3.63, 3.8) is 0 Å². The minimum atomic E-state index is 0.987. The second-order valence-electron chi connectivity index (χ2n) is 15.5. The zero-order chi connectivity index (χ0) is 38.9. The van der Waals surface area contributed by atoms with Crippen molar-refractivity contribution in [3.8, 4) is 50.3 Å². The van der Waals surface area contributed by atoms with E-state index in [0.29, 0.717) is 0 Å². The molecule has 0 atom stereocenters. The highest BCUT2D eigenvalue weighted by Gasteiger charge is 2.20. The minimum absolute atomic E-state index is 0.987. The Morgan fingerprint density at radius 2 is 0.814 bits per heavy atom. The lowest BCUT2D eigenvalue weighted by Crippen LogP contribution is -1.94. The third-order valence-electron chi connectivity index (χ3n) is 12.1. The van der Waals surface area contributed by atoms with Gasteiger partial charge in [0.05, 0.1) is 22.2 Å². The molecule has 0 N–H and O–H groups in total. The molecule has 274 valence electrons. The van der Waals surface area contributed by atoms with Crippen molar-refractivity contribution in [2.45, 2.75) is 0 Å². The van der Waals surface area contributed by atoms with E-state index < -0.39 is 0 Å². The van der Waals surface area contributed by atoms with Crippen LogP contribution >= 0.6 is 0 Å². The second kappa shape index (κ2) is 13.4. The molecule has 0 fully saturated rings. The molecule has 10 aromatic carbocycles. The molecule has 0 unspecified atom stereocenters. The molecule has 0 aliphatic heterocycles. The normalized spacial score (nSPS) is 11.7. The van der Waals surface area contributed by atoms with Gasteiger partial charge < -0.3 is 4.57 Å². The Morgan fingerprint density at radius 3 is 1.53 bits per heavy atom. The van der Waals surface area contributed by atoms with E-state index in [-0.39, 0.29) is 0 Å². The lowest BCUT2D eigenvalue weighted by atomic mass is 9.93. The molecular formula is C57H36N2. The zero-order valence-corrected chi connectivity index (χ0v) is 32.2. The summed E-state index contributed by atoms with van der Waals surface area (Å²) in [5.41, 5.74) is 13.9. The molecule has 2 heteroatoms. The van der Waals surface area contributed by atoms with Crippen molar-refractivity contribution in [1.29, 1.82) is 0 Å². The van der Waals surface area contributed by atoms with Crippen molar-refractivity contribution < 1.29 is 0 Å². The highest BCUT2D eigenvalue weighted by Crippen LogP contribution is 2.43. The number of fused-ring (bicyclic) bond motifs is 9. The summed E-state index contributed by atoms with van der Waals surface area (Å²) in [6.07, 6.45) is 0. The van der Waals surface area contributed by atoms with Gasteiger partial charge in [0.2, 0.25) is 0 Å². The Morgan fingerprint density at radius 1 is 0.288 bits per heavy atom. The lowest BCUT2D eigenvalue weighted by molar-refractivity contribution is 1.18. The van der Waals surface area contributed by atoms with Gasteiger partial charge in [0.25, 0.3) is 0 Å². The molecule has 2 nitrogen and oxygen atoms in total. The number of rotatable bonds is 5. The van der Waals surface area contributed by atoms with Gasteiger partial charge >= 0.3 is 0 Å². The number of para-hydroxylation sites is 2. The Kier molecular flexibility index (Phi) is 7.57. The molecule has 0 saturated carbocycles. The maximum atomic E-state index is 5.37. The van der Waals surface area contributed by atoms with Crippen LogP contribution < -0.4 is 0 Å². The van der Waals surface area contributed by atoms with Crippen LogP contribution in [0.3, 0.4) is 0 Å². The van der Waals surface area contributed by atoms with E-state index in [1.807, 2.05) is 0 Å². The summed E-state index contributed by atoms with van der Waals surface area (Å²) in [5, 5.41) is 11.0. The molecule has 12 aromatic rings. The third-order valence-corrected chi connectivity index (χ3v) is 12.1. The number of hydrogen-bond acceptors (Lipinski definition) is 1. The van der Waals surface area contributed by atoms with Gasteiger partial charge in [-0.1, -0.05) is 164 Å². The Balaban J connectivity index is 0.971. The van der Waals surface area contributed by atoms with Crippen molar-refractivity contribution >= 4 is 65.0 Å². The van der Waals surface area contributed by atoms with Crippen molar-refractivity contribution in [1.82, 2.24) is 9.55 Å². The number of nitrogens with zero attached hydrogens (tertiary/aromatic N) is 2. The summed E-state index contributed by atoms with van der Waals surface area (Å²) in [5.74, 6) is 0. The molecule has 0 saturated heterocycles. The summed E-state index contributed by atoms with van der Waals surface area (Å²) in [6, 6.07) is 79.3. The number of hydrogen-bond donors (Lipinski definition) is 0. The van der Waals surface area contributed by atoms with Crippen LogP contribution in [0.25, 0.3) is 115 Å². The first kappa shape index (κ1) is 33.3. The predicted octanol–water partition coefficient (Wildman–Crippen LogP) is 15.5. The standard InChI is InChI=1S/C57H36N2/c1-3-12-40(13-4-1)57-50-30-32-54-56(49-17-9-10-18-53(49)59(54)48-15-5-2-6-16-48)55(50)51-36-47(29-31-52(51)58-57)39-21-19-38(20-22-39)42-25-26-45-35-46(28-27-44(45)34-42)43-24-23-37-11-7-8-14-41(37)33-43/h1-36H. The lowest BCUT2D eigenvalue weighted by Gasteiger charge is -2.14. The Labute approximate surface area is 341 Å². The second-order valence-corrected chi connectivity index (χ2v) is 15.5. The maximum absolute atomic E-state index is 5.37. The van der Waals surface area contributed by atoms with Crippen LogP contribution in [0.1, 0.15) is 0 Å². The summed E-state index contributed by atoms with van der Waals surface area (Å²) in [4.78, 5) is 5.37. The van der Waals surface area contributed by atoms with Crippen LogP contribution in [0.15, 0.2) is 218 Å². The number of aromatic nitrogens is 2. The molecule has 0 aliphatic rings. The molecule has 0 radical (unpaired) electrons. The van der Waals surface area contributed by atoms with Gasteiger partial charge in [0, 0.05) is 38.2 Å². The average molecular weight is 749 g/mol. The monoisotopic (exact) mass is 748 g/mol.